The fourth-order valence-electron chi connectivity index (χ4n) is 8.12. The third-order valence-electron chi connectivity index (χ3n) is 11.1. The van der Waals surface area contributed by atoms with Gasteiger partial charge in [-0.2, -0.15) is 9.57 Å². The van der Waals surface area contributed by atoms with Gasteiger partial charge in [0.25, 0.3) is 15.9 Å². The van der Waals surface area contributed by atoms with Crippen LogP contribution in [0.1, 0.15) is 42.4 Å². The first-order valence-electron chi connectivity index (χ1n) is 17.5. The summed E-state index contributed by atoms with van der Waals surface area (Å²) in [7, 11) is -1.20. The Morgan fingerprint density at radius 3 is 2.25 bits per heavy atom. The summed E-state index contributed by atoms with van der Waals surface area (Å²) in [5.41, 5.74) is -2.25. The minimum Gasteiger partial charge on any atom is -0.495 e. The van der Waals surface area contributed by atoms with Gasteiger partial charge in [-0.1, -0.05) is 0 Å². The monoisotopic (exact) mass is 748 g/mol. The van der Waals surface area contributed by atoms with E-state index in [0.29, 0.717) is 41.3 Å². The highest BCUT2D eigenvalue weighted by Crippen LogP contribution is 2.50. The van der Waals surface area contributed by atoms with Gasteiger partial charge in [0.15, 0.2) is 17.1 Å². The second-order valence-corrected chi connectivity index (χ2v) is 15.4. The largest absolute Gasteiger partial charge is 0.495 e. The molecule has 53 heavy (non-hydrogen) atoms. The summed E-state index contributed by atoms with van der Waals surface area (Å²) in [5, 5.41) is 12.8. The van der Waals surface area contributed by atoms with Crippen molar-refractivity contribution in [2.75, 3.05) is 65.0 Å². The summed E-state index contributed by atoms with van der Waals surface area (Å²) >= 11 is 0. The van der Waals surface area contributed by atoms with Crippen molar-refractivity contribution >= 4 is 27.6 Å². The fourth-order valence-corrected chi connectivity index (χ4v) is 9.74. The van der Waals surface area contributed by atoms with Crippen molar-refractivity contribution in [1.82, 2.24) is 20.1 Å². The van der Waals surface area contributed by atoms with Crippen LogP contribution in [0.3, 0.4) is 0 Å². The zero-order valence-electron chi connectivity index (χ0n) is 29.7. The molecular formula is C37H41FN6O8S. The summed E-state index contributed by atoms with van der Waals surface area (Å²) in [6.45, 7) is 4.53. The minimum atomic E-state index is -4.95. The van der Waals surface area contributed by atoms with E-state index in [0.717, 1.165) is 58.1 Å². The molecule has 7 rings (SSSR count). The lowest BCUT2D eigenvalue weighted by Gasteiger charge is -2.44. The van der Waals surface area contributed by atoms with E-state index in [1.807, 2.05) is 6.07 Å². The number of hydrogen-bond acceptors (Lipinski definition) is 11. The van der Waals surface area contributed by atoms with Gasteiger partial charge in [-0.05, 0) is 80.9 Å². The van der Waals surface area contributed by atoms with Gasteiger partial charge in [0.2, 0.25) is 5.88 Å². The van der Waals surface area contributed by atoms with E-state index in [-0.39, 0.29) is 39.8 Å². The molecule has 4 aliphatic rings. The number of pyridine rings is 1. The van der Waals surface area contributed by atoms with Crippen molar-refractivity contribution in [3.63, 3.8) is 0 Å². The number of nitriles is 1. The number of rotatable bonds is 9. The zero-order valence-corrected chi connectivity index (χ0v) is 30.5. The van der Waals surface area contributed by atoms with E-state index < -0.39 is 38.2 Å². The molecule has 2 aromatic carbocycles. The summed E-state index contributed by atoms with van der Waals surface area (Å²) in [5.74, 6) is -1.73. The van der Waals surface area contributed by atoms with Crippen LogP contribution in [-0.4, -0.2) is 102 Å². The predicted molar refractivity (Wildman–Crippen MR) is 189 cm³/mol. The maximum atomic E-state index is 15.1. The van der Waals surface area contributed by atoms with Crippen LogP contribution in [0, 0.1) is 29.0 Å². The molecule has 1 atom stereocenters. The number of likely N-dealkylation sites (tertiary alicyclic amines) is 2. The van der Waals surface area contributed by atoms with Crippen LogP contribution in [0.5, 0.6) is 17.4 Å². The molecule has 3 amide bonds. The summed E-state index contributed by atoms with van der Waals surface area (Å²) in [4.78, 5) is 37.3. The molecule has 0 spiro atoms. The number of aromatic nitrogens is 1. The van der Waals surface area contributed by atoms with E-state index in [9.17, 15) is 18.5 Å². The van der Waals surface area contributed by atoms with E-state index in [1.165, 1.54) is 57.9 Å². The number of piperidine rings is 2. The lowest BCUT2D eigenvalue weighted by molar-refractivity contribution is -0.121. The highest BCUT2D eigenvalue weighted by atomic mass is 32.2. The summed E-state index contributed by atoms with van der Waals surface area (Å²) in [6.07, 6.45) is 5.17. The number of urea groups is 1. The highest BCUT2D eigenvalue weighted by Gasteiger charge is 2.59. The Morgan fingerprint density at radius 2 is 1.64 bits per heavy atom. The van der Waals surface area contributed by atoms with Gasteiger partial charge in [-0.3, -0.25) is 9.69 Å². The molecule has 1 aromatic heterocycles. The lowest BCUT2D eigenvalue weighted by atomic mass is 9.78. The predicted octanol–water partition coefficient (Wildman–Crippen LogP) is 3.63. The van der Waals surface area contributed by atoms with Gasteiger partial charge < -0.3 is 29.2 Å². The maximum Gasteiger partial charge on any atom is 0.318 e. The minimum absolute atomic E-state index is 0.00349. The van der Waals surface area contributed by atoms with Crippen LogP contribution < -0.4 is 23.8 Å². The molecule has 3 fully saturated rings. The molecule has 16 heteroatoms. The quantitative estimate of drug-likeness (QED) is 0.340. The van der Waals surface area contributed by atoms with Crippen LogP contribution in [-0.2, 0) is 25.1 Å². The lowest BCUT2D eigenvalue weighted by Crippen LogP contribution is -2.58. The Morgan fingerprint density at radius 1 is 0.962 bits per heavy atom. The Kier molecular flexibility index (Phi) is 9.92. The summed E-state index contributed by atoms with van der Waals surface area (Å²) < 4.78 is 66.1. The van der Waals surface area contributed by atoms with Gasteiger partial charge in [0, 0.05) is 37.0 Å². The van der Waals surface area contributed by atoms with Gasteiger partial charge in [-0.15, -0.1) is 0 Å². The first-order chi connectivity index (χ1) is 25.6. The van der Waals surface area contributed by atoms with Crippen LogP contribution in [0.25, 0.3) is 0 Å². The molecule has 0 radical (unpaired) electrons. The topological polar surface area (TPSA) is 164 Å². The molecule has 3 saturated heterocycles. The molecular weight excluding hydrogens is 708 g/mol. The van der Waals surface area contributed by atoms with Crippen molar-refractivity contribution in [3.8, 4) is 23.4 Å². The smallest absolute Gasteiger partial charge is 0.318 e. The number of ether oxygens (including phenoxy) is 4. The molecule has 0 unspecified atom stereocenters. The van der Waals surface area contributed by atoms with E-state index in [4.69, 9.17) is 18.9 Å². The van der Waals surface area contributed by atoms with Crippen molar-refractivity contribution < 1.29 is 41.3 Å². The van der Waals surface area contributed by atoms with E-state index >= 15 is 9.18 Å². The first-order valence-corrected chi connectivity index (χ1v) is 19.0. The first kappa shape index (κ1) is 36.4. The molecule has 0 bridgehead atoms. The number of carbonyl (C=O) groups excluding carboxylic acids is 2. The fraction of sp³-hybridized carbons (Fsp3) is 0.459. The number of nitrogens with zero attached hydrogens (tertiary/aromatic N) is 5. The molecule has 4 aliphatic heterocycles. The van der Waals surface area contributed by atoms with Crippen molar-refractivity contribution in [1.29, 1.82) is 5.26 Å². The molecule has 1 N–H and O–H groups in total. The second kappa shape index (κ2) is 14.4. The number of sulfonamides is 1. The second-order valence-electron chi connectivity index (χ2n) is 13.7. The molecule has 0 aliphatic carbocycles. The maximum absolute atomic E-state index is 15.1. The third-order valence-corrected chi connectivity index (χ3v) is 12.8. The van der Waals surface area contributed by atoms with Crippen molar-refractivity contribution in [2.24, 2.45) is 11.8 Å². The number of anilines is 1. The number of hydrogen-bond donors (Lipinski definition) is 1. The van der Waals surface area contributed by atoms with Crippen molar-refractivity contribution in [2.45, 2.75) is 42.2 Å². The van der Waals surface area contributed by atoms with Gasteiger partial charge in [-0.25, -0.2) is 22.6 Å². The molecule has 5 heterocycles. The Bertz CT molecular complexity index is 2060. The number of carbonyl (C=O) groups is 2. The zero-order chi connectivity index (χ0) is 37.5. The Labute approximate surface area is 307 Å². The Hall–Kier alpha value is -4.98. The molecule has 14 nitrogen and oxygen atoms in total. The number of benzene rings is 2. The third kappa shape index (κ3) is 6.20. The molecule has 0 saturated carbocycles. The average Bonchev–Trinajstić information content (AvgIpc) is 3.41. The van der Waals surface area contributed by atoms with Crippen LogP contribution >= 0.6 is 0 Å². The number of halogens is 1. The number of nitrogens with one attached hydrogen (secondary N) is 1. The summed E-state index contributed by atoms with van der Waals surface area (Å²) in [6, 6.07) is 10.8. The van der Waals surface area contributed by atoms with Crippen LogP contribution in [0.15, 0.2) is 53.6 Å². The van der Waals surface area contributed by atoms with Crippen LogP contribution in [0.4, 0.5) is 14.9 Å². The number of fused-ring (bicyclic) bond motifs is 1. The molecule has 280 valence electrons. The number of methoxy groups -OCH3 is 3. The standard InChI is InChI=1S/C37H41FN6O8S/c1-49-31-19-32(50-2)33(18-29(31)38)53(47,48)44-30-7-6-23(20-39)17-28(30)37(35(44)45,27-5-4-12-40-34(27)51-3)41-36(46)43-15-10-25(11-16-43)24-8-13-42(14-9-24)26-21-52-22-26/h4-7,12,17-19,24-26H,8-11,13-16,21-22H2,1-3H3,(H,41,46)/t37-/m1/s1. The van der Waals surface area contributed by atoms with Gasteiger partial charge >= 0.3 is 6.03 Å². The normalized spacial score (nSPS) is 21.5. The van der Waals surface area contributed by atoms with Gasteiger partial charge in [0.1, 0.15) is 10.6 Å². The Balaban J connectivity index is 1.25. The highest BCUT2D eigenvalue weighted by molar-refractivity contribution is 7.93. The number of amides is 3. The van der Waals surface area contributed by atoms with Gasteiger partial charge in [0.05, 0.1) is 63.5 Å². The van der Waals surface area contributed by atoms with E-state index in [2.05, 4.69) is 15.2 Å². The van der Waals surface area contributed by atoms with Crippen molar-refractivity contribution in [3.05, 3.63) is 71.2 Å². The SMILES string of the molecule is COc1cc(OC)c(S(=O)(=O)N2C(=O)[C@@](NC(=O)N3CCC(C4CCN(C5COC5)CC4)CC3)(c3cccnc3OC)c3cc(C#N)ccc32)cc1F. The average molecular weight is 749 g/mol. The molecule has 3 aromatic rings. The van der Waals surface area contributed by atoms with E-state index in [1.54, 1.807) is 4.90 Å². The van der Waals surface area contributed by atoms with Crippen LogP contribution in [0.2, 0.25) is 0 Å².